The summed E-state index contributed by atoms with van der Waals surface area (Å²) in [4.78, 5) is 23.0. The van der Waals surface area contributed by atoms with Crippen LogP contribution in [0.25, 0.3) is 0 Å². The summed E-state index contributed by atoms with van der Waals surface area (Å²) in [5.74, 6) is -1.70. The first-order valence-corrected chi connectivity index (χ1v) is 6.32. The molecule has 20 heavy (non-hydrogen) atoms. The first-order chi connectivity index (χ1) is 9.41. The number of halogens is 1. The summed E-state index contributed by atoms with van der Waals surface area (Å²) in [6.45, 7) is 1.44. The predicted molar refractivity (Wildman–Crippen MR) is 68.7 cm³/mol. The molecule has 108 valence electrons. The Bertz CT molecular complexity index is 545. The Hall–Kier alpha value is -2.02. The number of hydrogen-bond donors (Lipinski definition) is 1. The minimum absolute atomic E-state index is 0.0558. The summed E-state index contributed by atoms with van der Waals surface area (Å²) < 4.78 is 13.8. The van der Waals surface area contributed by atoms with Gasteiger partial charge in [0.05, 0.1) is 10.5 Å². The van der Waals surface area contributed by atoms with Crippen LogP contribution in [0, 0.1) is 15.9 Å². The molecule has 1 N–H and O–H groups in total. The molecule has 7 heteroatoms. The van der Waals surface area contributed by atoms with Crippen LogP contribution < -0.4 is 0 Å². The van der Waals surface area contributed by atoms with E-state index in [1.54, 1.807) is 4.90 Å². The smallest absolute Gasteiger partial charge is 0.320 e. The number of nitro groups is 1. The highest BCUT2D eigenvalue weighted by atomic mass is 19.1. The summed E-state index contributed by atoms with van der Waals surface area (Å²) in [5.41, 5.74) is -0.370. The van der Waals surface area contributed by atoms with Crippen molar-refractivity contribution in [1.82, 2.24) is 4.90 Å². The average molecular weight is 282 g/mol. The molecule has 0 bridgehead atoms. The second kappa shape index (κ2) is 5.54. The van der Waals surface area contributed by atoms with E-state index < -0.39 is 22.8 Å². The molecule has 0 saturated heterocycles. The summed E-state index contributed by atoms with van der Waals surface area (Å²) >= 11 is 0. The third kappa shape index (κ3) is 2.93. The van der Waals surface area contributed by atoms with Crippen LogP contribution in [-0.4, -0.2) is 33.0 Å². The lowest BCUT2D eigenvalue weighted by molar-refractivity contribution is -0.386. The average Bonchev–Trinajstić information content (AvgIpc) is 3.20. The molecule has 1 aromatic rings. The van der Waals surface area contributed by atoms with Gasteiger partial charge in [-0.3, -0.25) is 19.8 Å². The molecule has 1 aliphatic rings. The van der Waals surface area contributed by atoms with Crippen LogP contribution in [0.1, 0.15) is 25.3 Å². The van der Waals surface area contributed by atoms with Crippen molar-refractivity contribution in [3.63, 3.8) is 0 Å². The van der Waals surface area contributed by atoms with Gasteiger partial charge in [-0.15, -0.1) is 0 Å². The molecule has 1 fully saturated rings. The molecule has 2 rings (SSSR count). The van der Waals surface area contributed by atoms with Crippen LogP contribution in [0.4, 0.5) is 10.1 Å². The summed E-state index contributed by atoms with van der Waals surface area (Å²) in [5, 5.41) is 20.0. The highest BCUT2D eigenvalue weighted by Crippen LogP contribution is 2.32. The maximum absolute atomic E-state index is 13.8. The monoisotopic (exact) mass is 282 g/mol. The van der Waals surface area contributed by atoms with Gasteiger partial charge in [0.2, 0.25) is 0 Å². The minimum Gasteiger partial charge on any atom is -0.480 e. The number of carbonyl (C=O) groups is 1. The highest BCUT2D eigenvalue weighted by Gasteiger charge is 2.36. The molecule has 0 aliphatic heterocycles. The van der Waals surface area contributed by atoms with Gasteiger partial charge < -0.3 is 5.11 Å². The Morgan fingerprint density at radius 2 is 2.25 bits per heavy atom. The molecular formula is C13H15FN2O4. The maximum Gasteiger partial charge on any atom is 0.320 e. The SMILES string of the molecule is CC(C(=O)O)N(Cc1c(F)cccc1[N+](=O)[O-])C1CC1. The second-order valence-corrected chi connectivity index (χ2v) is 4.91. The van der Waals surface area contributed by atoms with E-state index in [-0.39, 0.29) is 23.8 Å². The third-order valence-electron chi connectivity index (χ3n) is 3.50. The summed E-state index contributed by atoms with van der Waals surface area (Å²) in [7, 11) is 0. The predicted octanol–water partition coefficient (Wildman–Crippen LogP) is 2.17. The van der Waals surface area contributed by atoms with Crippen molar-refractivity contribution in [2.75, 3.05) is 0 Å². The van der Waals surface area contributed by atoms with Gasteiger partial charge in [-0.05, 0) is 25.8 Å². The van der Waals surface area contributed by atoms with Gasteiger partial charge in [0.1, 0.15) is 11.9 Å². The van der Waals surface area contributed by atoms with E-state index in [2.05, 4.69) is 0 Å². The standard InChI is InChI=1S/C13H15FN2O4/c1-8(13(17)18)15(9-5-6-9)7-10-11(14)3-2-4-12(10)16(19)20/h2-4,8-9H,5-7H2,1H3,(H,17,18). The Labute approximate surface area is 115 Å². The van der Waals surface area contributed by atoms with Gasteiger partial charge >= 0.3 is 5.97 Å². The Morgan fingerprint density at radius 3 is 2.75 bits per heavy atom. The normalized spacial score (nSPS) is 16.1. The molecule has 0 amide bonds. The fraction of sp³-hybridized carbons (Fsp3) is 0.462. The highest BCUT2D eigenvalue weighted by molar-refractivity contribution is 5.73. The largest absolute Gasteiger partial charge is 0.480 e. The molecule has 6 nitrogen and oxygen atoms in total. The molecule has 0 heterocycles. The molecule has 1 saturated carbocycles. The van der Waals surface area contributed by atoms with E-state index in [4.69, 9.17) is 5.11 Å². The van der Waals surface area contributed by atoms with E-state index in [1.165, 1.54) is 19.1 Å². The molecule has 1 aliphatic carbocycles. The summed E-state index contributed by atoms with van der Waals surface area (Å²) in [6.07, 6.45) is 1.67. The fourth-order valence-corrected chi connectivity index (χ4v) is 2.19. The lowest BCUT2D eigenvalue weighted by atomic mass is 10.1. The zero-order chi connectivity index (χ0) is 14.9. The van der Waals surface area contributed by atoms with Crippen LogP contribution >= 0.6 is 0 Å². The maximum atomic E-state index is 13.8. The van der Waals surface area contributed by atoms with Crippen LogP contribution in [0.3, 0.4) is 0 Å². The van der Waals surface area contributed by atoms with E-state index in [9.17, 15) is 19.3 Å². The van der Waals surface area contributed by atoms with Crippen molar-refractivity contribution in [3.8, 4) is 0 Å². The van der Waals surface area contributed by atoms with Crippen molar-refractivity contribution in [2.24, 2.45) is 0 Å². The quantitative estimate of drug-likeness (QED) is 0.638. The van der Waals surface area contributed by atoms with Crippen LogP contribution in [0.15, 0.2) is 18.2 Å². The first kappa shape index (κ1) is 14.4. The molecule has 1 atom stereocenters. The van der Waals surface area contributed by atoms with Gasteiger partial charge in [0.25, 0.3) is 5.69 Å². The van der Waals surface area contributed by atoms with E-state index in [0.717, 1.165) is 18.9 Å². The fourth-order valence-electron chi connectivity index (χ4n) is 2.19. The zero-order valence-corrected chi connectivity index (χ0v) is 11.0. The Balaban J connectivity index is 2.31. The lowest BCUT2D eigenvalue weighted by Gasteiger charge is -2.26. The number of rotatable bonds is 6. The molecule has 1 aromatic carbocycles. The Morgan fingerprint density at radius 1 is 1.60 bits per heavy atom. The van der Waals surface area contributed by atoms with Crippen molar-refractivity contribution in [2.45, 2.75) is 38.4 Å². The van der Waals surface area contributed by atoms with E-state index in [0.29, 0.717) is 0 Å². The molecule has 1 unspecified atom stereocenters. The third-order valence-corrected chi connectivity index (χ3v) is 3.50. The number of nitro benzene ring substituents is 1. The van der Waals surface area contributed by atoms with Gasteiger partial charge in [-0.25, -0.2) is 4.39 Å². The molecular weight excluding hydrogens is 267 g/mol. The number of hydrogen-bond acceptors (Lipinski definition) is 4. The molecule has 0 radical (unpaired) electrons. The van der Waals surface area contributed by atoms with Crippen molar-refractivity contribution in [3.05, 3.63) is 39.7 Å². The van der Waals surface area contributed by atoms with Gasteiger partial charge in [-0.1, -0.05) is 6.07 Å². The second-order valence-electron chi connectivity index (χ2n) is 4.91. The van der Waals surface area contributed by atoms with Crippen LogP contribution in [-0.2, 0) is 11.3 Å². The van der Waals surface area contributed by atoms with Gasteiger partial charge in [0.15, 0.2) is 0 Å². The number of carboxylic acid groups (broad SMARTS) is 1. The summed E-state index contributed by atoms with van der Waals surface area (Å²) in [6, 6.07) is 2.91. The van der Waals surface area contributed by atoms with Crippen LogP contribution in [0.2, 0.25) is 0 Å². The van der Waals surface area contributed by atoms with Gasteiger partial charge in [-0.2, -0.15) is 0 Å². The minimum atomic E-state index is -1.02. The lowest BCUT2D eigenvalue weighted by Crippen LogP contribution is -2.40. The van der Waals surface area contributed by atoms with Crippen molar-refractivity contribution >= 4 is 11.7 Å². The number of aliphatic carboxylic acids is 1. The molecule has 0 aromatic heterocycles. The van der Waals surface area contributed by atoms with Crippen molar-refractivity contribution < 1.29 is 19.2 Å². The Kier molecular flexibility index (Phi) is 3.99. The zero-order valence-electron chi connectivity index (χ0n) is 11.0. The van der Waals surface area contributed by atoms with E-state index >= 15 is 0 Å². The topological polar surface area (TPSA) is 83.7 Å². The van der Waals surface area contributed by atoms with Crippen LogP contribution in [0.5, 0.6) is 0 Å². The van der Waals surface area contributed by atoms with Crippen molar-refractivity contribution in [1.29, 1.82) is 0 Å². The number of benzene rings is 1. The van der Waals surface area contributed by atoms with E-state index in [1.807, 2.05) is 0 Å². The first-order valence-electron chi connectivity index (χ1n) is 6.32. The molecule has 0 spiro atoms. The number of nitrogens with zero attached hydrogens (tertiary/aromatic N) is 2. The van der Waals surface area contributed by atoms with Gasteiger partial charge in [0, 0.05) is 18.7 Å². The number of carboxylic acids is 1.